The van der Waals surface area contributed by atoms with E-state index in [9.17, 15) is 9.59 Å². The van der Waals surface area contributed by atoms with Gasteiger partial charge in [0.15, 0.2) is 0 Å². The van der Waals surface area contributed by atoms with Gasteiger partial charge in [-0.05, 0) is 19.1 Å². The minimum absolute atomic E-state index is 0.150. The number of urea groups is 1. The first-order valence-corrected chi connectivity index (χ1v) is 8.02. The van der Waals surface area contributed by atoms with Crippen LogP contribution in [0.25, 0.3) is 11.3 Å². The third kappa shape index (κ3) is 4.53. The van der Waals surface area contributed by atoms with Crippen LogP contribution in [0.4, 0.5) is 10.5 Å². The number of carboxylic acids is 1. The summed E-state index contributed by atoms with van der Waals surface area (Å²) in [6.07, 6.45) is 0. The minimum atomic E-state index is -0.924. The third-order valence-electron chi connectivity index (χ3n) is 3.37. The quantitative estimate of drug-likeness (QED) is 0.879. The Morgan fingerprint density at radius 1 is 1.35 bits per heavy atom. The van der Waals surface area contributed by atoms with Gasteiger partial charge in [-0.25, -0.2) is 9.78 Å². The summed E-state index contributed by atoms with van der Waals surface area (Å²) in [5, 5.41) is 14.6. The molecular formula is C16H19N3O3S. The van der Waals surface area contributed by atoms with E-state index >= 15 is 0 Å². The molecular weight excluding hydrogens is 314 g/mol. The van der Waals surface area contributed by atoms with Gasteiger partial charge in [0.05, 0.1) is 16.6 Å². The number of aryl methyl sites for hydroxylation is 1. The Kier molecular flexibility index (Phi) is 5.33. The highest BCUT2D eigenvalue weighted by Gasteiger charge is 2.17. The lowest BCUT2D eigenvalue weighted by molar-refractivity contribution is -0.141. The number of nitrogens with zero attached hydrogens (tertiary/aromatic N) is 2. The van der Waals surface area contributed by atoms with E-state index in [0.29, 0.717) is 5.69 Å². The standard InChI is InChI=1S/C16H19N3O3S/c1-10(15(20)21)8-19(3)16(22)18-13-6-4-12(5-7-13)14-9-23-11(2)17-14/h4-7,9-10H,8H2,1-3H3,(H,18,22)(H,20,21). The van der Waals surface area contributed by atoms with E-state index in [0.717, 1.165) is 16.3 Å². The van der Waals surface area contributed by atoms with Crippen LogP contribution in [0.3, 0.4) is 0 Å². The fraction of sp³-hybridized carbons (Fsp3) is 0.312. The lowest BCUT2D eigenvalue weighted by Gasteiger charge is -2.20. The molecule has 1 heterocycles. The second-order valence-corrected chi connectivity index (χ2v) is 6.44. The van der Waals surface area contributed by atoms with Crippen LogP contribution in [-0.4, -0.2) is 40.6 Å². The maximum Gasteiger partial charge on any atom is 0.321 e. The summed E-state index contributed by atoms with van der Waals surface area (Å²) in [4.78, 5) is 28.6. The van der Waals surface area contributed by atoms with Crippen molar-refractivity contribution in [1.29, 1.82) is 0 Å². The number of carbonyl (C=O) groups excluding carboxylic acids is 1. The molecule has 0 aliphatic heterocycles. The Morgan fingerprint density at radius 2 is 2.00 bits per heavy atom. The highest BCUT2D eigenvalue weighted by Crippen LogP contribution is 2.23. The van der Waals surface area contributed by atoms with Crippen LogP contribution in [0.5, 0.6) is 0 Å². The van der Waals surface area contributed by atoms with Crippen LogP contribution in [0.1, 0.15) is 11.9 Å². The lowest BCUT2D eigenvalue weighted by Crippen LogP contribution is -2.36. The molecule has 0 aliphatic carbocycles. The minimum Gasteiger partial charge on any atom is -0.481 e. The second kappa shape index (κ2) is 7.23. The molecule has 0 bridgehead atoms. The fourth-order valence-corrected chi connectivity index (χ4v) is 2.63. The van der Waals surface area contributed by atoms with Gasteiger partial charge in [0.25, 0.3) is 0 Å². The maximum atomic E-state index is 12.0. The first-order valence-electron chi connectivity index (χ1n) is 7.14. The smallest absolute Gasteiger partial charge is 0.321 e. The van der Waals surface area contributed by atoms with Crippen molar-refractivity contribution >= 4 is 29.0 Å². The van der Waals surface area contributed by atoms with Gasteiger partial charge < -0.3 is 15.3 Å². The zero-order valence-corrected chi connectivity index (χ0v) is 14.1. The molecule has 7 heteroatoms. The van der Waals surface area contributed by atoms with Gasteiger partial charge in [0.2, 0.25) is 0 Å². The molecule has 0 saturated carbocycles. The van der Waals surface area contributed by atoms with Crippen LogP contribution in [0.15, 0.2) is 29.6 Å². The summed E-state index contributed by atoms with van der Waals surface area (Å²) in [7, 11) is 1.57. The van der Waals surface area contributed by atoms with Gasteiger partial charge in [-0.15, -0.1) is 11.3 Å². The molecule has 122 valence electrons. The highest BCUT2D eigenvalue weighted by molar-refractivity contribution is 7.09. The van der Waals surface area contributed by atoms with Crippen molar-refractivity contribution in [3.8, 4) is 11.3 Å². The summed E-state index contributed by atoms with van der Waals surface area (Å²) in [6.45, 7) is 3.67. The van der Waals surface area contributed by atoms with E-state index < -0.39 is 11.9 Å². The molecule has 1 aromatic carbocycles. The molecule has 2 aromatic rings. The average molecular weight is 333 g/mol. The Bertz CT molecular complexity index is 697. The van der Waals surface area contributed by atoms with Gasteiger partial charge in [-0.2, -0.15) is 0 Å². The molecule has 0 radical (unpaired) electrons. The largest absolute Gasteiger partial charge is 0.481 e. The van der Waals surface area contributed by atoms with E-state index in [1.807, 2.05) is 24.4 Å². The normalized spacial score (nSPS) is 11.8. The van der Waals surface area contributed by atoms with Crippen molar-refractivity contribution in [2.45, 2.75) is 13.8 Å². The molecule has 23 heavy (non-hydrogen) atoms. The van der Waals surface area contributed by atoms with Gasteiger partial charge >= 0.3 is 12.0 Å². The molecule has 0 saturated heterocycles. The third-order valence-corrected chi connectivity index (χ3v) is 4.14. The second-order valence-electron chi connectivity index (χ2n) is 5.38. The topological polar surface area (TPSA) is 82.5 Å². The first-order chi connectivity index (χ1) is 10.9. The van der Waals surface area contributed by atoms with E-state index in [1.54, 1.807) is 37.4 Å². The number of benzene rings is 1. The number of rotatable bonds is 5. The van der Waals surface area contributed by atoms with E-state index in [2.05, 4.69) is 10.3 Å². The molecule has 6 nitrogen and oxygen atoms in total. The summed E-state index contributed by atoms with van der Waals surface area (Å²) in [6, 6.07) is 7.05. The van der Waals surface area contributed by atoms with Crippen LogP contribution in [0.2, 0.25) is 0 Å². The Morgan fingerprint density at radius 3 is 2.52 bits per heavy atom. The molecule has 2 amide bonds. The van der Waals surface area contributed by atoms with E-state index in [1.165, 1.54) is 4.90 Å². The average Bonchev–Trinajstić information content (AvgIpc) is 2.94. The van der Waals surface area contributed by atoms with Crippen LogP contribution in [-0.2, 0) is 4.79 Å². The predicted molar refractivity (Wildman–Crippen MR) is 90.7 cm³/mol. The number of nitrogens with one attached hydrogen (secondary N) is 1. The van der Waals surface area contributed by atoms with Crippen molar-refractivity contribution in [3.63, 3.8) is 0 Å². The summed E-state index contributed by atoms with van der Waals surface area (Å²) < 4.78 is 0. The number of carbonyl (C=O) groups is 2. The molecule has 2 N–H and O–H groups in total. The summed E-state index contributed by atoms with van der Waals surface area (Å²) in [5.74, 6) is -1.53. The van der Waals surface area contributed by atoms with Crippen molar-refractivity contribution in [2.75, 3.05) is 18.9 Å². The van der Waals surface area contributed by atoms with Crippen LogP contribution >= 0.6 is 11.3 Å². The molecule has 0 spiro atoms. The number of aliphatic carboxylic acids is 1. The first kappa shape index (κ1) is 17.0. The zero-order valence-electron chi connectivity index (χ0n) is 13.2. The number of anilines is 1. The molecule has 1 aromatic heterocycles. The summed E-state index contributed by atoms with van der Waals surface area (Å²) in [5.41, 5.74) is 2.55. The maximum absolute atomic E-state index is 12.0. The fourth-order valence-electron chi connectivity index (χ4n) is 2.01. The zero-order chi connectivity index (χ0) is 17.0. The number of hydrogen-bond donors (Lipinski definition) is 2. The van der Waals surface area contributed by atoms with Crippen molar-refractivity contribution in [1.82, 2.24) is 9.88 Å². The van der Waals surface area contributed by atoms with Gasteiger partial charge in [-0.1, -0.05) is 19.1 Å². The van der Waals surface area contributed by atoms with E-state index in [4.69, 9.17) is 5.11 Å². The SMILES string of the molecule is Cc1nc(-c2ccc(NC(=O)N(C)CC(C)C(=O)O)cc2)cs1. The highest BCUT2D eigenvalue weighted by atomic mass is 32.1. The van der Waals surface area contributed by atoms with Crippen LogP contribution < -0.4 is 5.32 Å². The Labute approximate surface area is 138 Å². The predicted octanol–water partition coefficient (Wildman–Crippen LogP) is 3.30. The number of aromatic nitrogens is 1. The van der Waals surface area contributed by atoms with E-state index in [-0.39, 0.29) is 12.6 Å². The molecule has 2 rings (SSSR count). The number of thiazole rings is 1. The van der Waals surface area contributed by atoms with Crippen LogP contribution in [0, 0.1) is 12.8 Å². The Balaban J connectivity index is 1.97. The molecule has 0 aliphatic rings. The molecule has 1 atom stereocenters. The molecule has 1 unspecified atom stereocenters. The lowest BCUT2D eigenvalue weighted by atomic mass is 10.1. The van der Waals surface area contributed by atoms with Crippen molar-refractivity contribution < 1.29 is 14.7 Å². The monoisotopic (exact) mass is 333 g/mol. The number of amides is 2. The molecule has 0 fully saturated rings. The number of carboxylic acid groups (broad SMARTS) is 1. The number of hydrogen-bond acceptors (Lipinski definition) is 4. The Hall–Kier alpha value is -2.41. The van der Waals surface area contributed by atoms with Gasteiger partial charge in [0, 0.05) is 30.2 Å². The van der Waals surface area contributed by atoms with Crippen molar-refractivity contribution in [3.05, 3.63) is 34.7 Å². The van der Waals surface area contributed by atoms with Gasteiger partial charge in [0.1, 0.15) is 0 Å². The van der Waals surface area contributed by atoms with Gasteiger partial charge in [-0.3, -0.25) is 4.79 Å². The van der Waals surface area contributed by atoms with Crippen molar-refractivity contribution in [2.24, 2.45) is 5.92 Å². The summed E-state index contributed by atoms with van der Waals surface area (Å²) >= 11 is 1.59.